The smallest absolute Gasteiger partial charge is 0.507 e. The Hall–Kier alpha value is -4.81. The summed E-state index contributed by atoms with van der Waals surface area (Å²) in [5.74, 6) is -2.12. The Morgan fingerprint density at radius 3 is 0.860 bits per heavy atom. The van der Waals surface area contributed by atoms with Gasteiger partial charge in [0.1, 0.15) is 37.1 Å². The van der Waals surface area contributed by atoms with Gasteiger partial charge in [-0.1, -0.05) is 72.8 Å². The van der Waals surface area contributed by atoms with E-state index in [2.05, 4.69) is 12.1 Å². The van der Waals surface area contributed by atoms with E-state index in [9.17, 15) is 19.8 Å². The predicted octanol–water partition coefficient (Wildman–Crippen LogP) is 8.86. The summed E-state index contributed by atoms with van der Waals surface area (Å²) in [5, 5.41) is 26.7. The molecule has 6 nitrogen and oxygen atoms in total. The standard InChI is InChI=1S/C33H30O6P2.2C6H5.2CH3.2Ni/c1-38-32(36)30(40(24-15-7-3-8-16-24)25-17-9-4-10-18-25)28(34)23-29(35)31(33(37)39-2)41(26-19-11-5-12-20-26)27-21-13-6-14-22-27;2*1-2-4-6-5-3-1;;;;/h3-22,34-35H,23H2,1-2H3;2*1-5H;2*1H3;;/q;4*-1;2*+2/p+2/b30-28-,31-29-;;;;;;. The van der Waals surface area contributed by atoms with Crippen LogP contribution >= 0.6 is 15.8 Å². The third kappa shape index (κ3) is 16.3. The molecule has 300 valence electrons. The van der Waals surface area contributed by atoms with E-state index in [0.29, 0.717) is 0 Å². The third-order valence-electron chi connectivity index (χ3n) is 7.66. The molecule has 6 aromatic carbocycles. The first-order valence-electron chi connectivity index (χ1n) is 16.8. The van der Waals surface area contributed by atoms with Crippen molar-refractivity contribution in [2.45, 2.75) is 6.42 Å². The second-order valence-electron chi connectivity index (χ2n) is 11.2. The molecule has 0 fully saturated rings. The number of benzene rings is 6. The Bertz CT molecular complexity index is 1740. The van der Waals surface area contributed by atoms with Crippen molar-refractivity contribution < 1.29 is 62.3 Å². The Balaban J connectivity index is 0.00000167. The molecule has 0 radical (unpaired) electrons. The number of hydrogen-bond acceptors (Lipinski definition) is 6. The number of carbonyl (C=O) groups is 2. The zero-order valence-corrected chi connectivity index (χ0v) is 36.2. The molecule has 57 heavy (non-hydrogen) atoms. The minimum absolute atomic E-state index is 0. The van der Waals surface area contributed by atoms with E-state index in [1.165, 1.54) is 14.2 Å². The third-order valence-corrected chi connectivity index (χ3v) is 13.3. The van der Waals surface area contributed by atoms with Gasteiger partial charge in [-0.2, -0.15) is 72.8 Å². The van der Waals surface area contributed by atoms with Crippen LogP contribution in [0.3, 0.4) is 0 Å². The van der Waals surface area contributed by atoms with Gasteiger partial charge in [0.25, 0.3) is 0 Å². The van der Waals surface area contributed by atoms with Crippen molar-refractivity contribution in [3.05, 3.63) is 231 Å². The molecule has 0 aliphatic rings. The van der Waals surface area contributed by atoms with Gasteiger partial charge in [0, 0.05) is 0 Å². The number of aliphatic hydroxyl groups excluding tert-OH is 2. The van der Waals surface area contributed by atoms with Gasteiger partial charge < -0.3 is 34.5 Å². The van der Waals surface area contributed by atoms with Gasteiger partial charge in [0.2, 0.25) is 10.6 Å². The molecule has 0 spiro atoms. The number of carbonyl (C=O) groups excluding carboxylic acids is 2. The summed E-state index contributed by atoms with van der Waals surface area (Å²) in [5.41, 5.74) is 0. The molecule has 0 aliphatic heterocycles. The van der Waals surface area contributed by atoms with Crippen molar-refractivity contribution in [3.8, 4) is 0 Å². The number of aliphatic hydroxyl groups is 2. The number of esters is 2. The molecule has 0 saturated heterocycles. The van der Waals surface area contributed by atoms with Crippen LogP contribution < -0.4 is 21.2 Å². The SMILES string of the molecule is COC(=O)/C(=C(/O)C/C(O)=C(\C(=O)OC)[PH+](c1ccccc1)c1ccccc1)[PH+](c1ccccc1)c1ccccc1.[CH3-].[CH3-].[Ni+2].[Ni+2].[c-]1ccccc1.[c-]1ccccc1. The van der Waals surface area contributed by atoms with Crippen LogP contribution in [-0.4, -0.2) is 36.4 Å². The molecule has 0 amide bonds. The molecule has 0 bridgehead atoms. The average molecular weight is 888 g/mol. The average Bonchev–Trinajstić information content (AvgIpc) is 3.24. The van der Waals surface area contributed by atoms with E-state index in [4.69, 9.17) is 9.47 Å². The predicted molar refractivity (Wildman–Crippen MR) is 232 cm³/mol. The molecule has 10 heteroatoms. The van der Waals surface area contributed by atoms with Gasteiger partial charge in [-0.3, -0.25) is 0 Å². The summed E-state index contributed by atoms with van der Waals surface area (Å²) < 4.78 is 10.3. The van der Waals surface area contributed by atoms with Crippen LogP contribution in [0.5, 0.6) is 0 Å². The van der Waals surface area contributed by atoms with Crippen molar-refractivity contribution in [2.75, 3.05) is 14.2 Å². The minimum Gasteiger partial charge on any atom is -0.507 e. The second-order valence-corrected chi connectivity index (χ2v) is 16.0. The number of methoxy groups -OCH3 is 2. The number of rotatable bonds is 10. The van der Waals surface area contributed by atoms with Gasteiger partial charge in [0.15, 0.2) is 11.5 Å². The molecule has 0 unspecified atom stereocenters. The van der Waals surface area contributed by atoms with E-state index in [-0.39, 0.29) is 70.0 Å². The molecule has 0 aliphatic carbocycles. The Kier molecular flexibility index (Phi) is 26.9. The van der Waals surface area contributed by atoms with Crippen LogP contribution in [0, 0.1) is 27.0 Å². The Labute approximate surface area is 361 Å². The molecule has 0 atom stereocenters. The zero-order chi connectivity index (χ0) is 37.7. The molecule has 0 saturated carbocycles. The molecular weight excluding hydrogens is 840 g/mol. The number of hydrogen-bond donors (Lipinski definition) is 2. The maximum atomic E-state index is 13.3. The van der Waals surface area contributed by atoms with Crippen molar-refractivity contribution >= 4 is 49.0 Å². The van der Waals surface area contributed by atoms with Crippen LogP contribution in [0.4, 0.5) is 0 Å². The maximum absolute atomic E-state index is 13.3. The van der Waals surface area contributed by atoms with E-state index in [1.807, 2.05) is 182 Å². The zero-order valence-electron chi connectivity index (χ0n) is 32.2. The summed E-state index contributed by atoms with van der Waals surface area (Å²) in [6.07, 6.45) is -0.448. The fourth-order valence-electron chi connectivity index (χ4n) is 5.28. The summed E-state index contributed by atoms with van der Waals surface area (Å²) >= 11 is 0. The summed E-state index contributed by atoms with van der Waals surface area (Å²) in [6.45, 7) is 0. The van der Waals surface area contributed by atoms with Gasteiger partial charge in [-0.15, -0.1) is 0 Å². The molecule has 6 rings (SSSR count). The van der Waals surface area contributed by atoms with Gasteiger partial charge in [-0.05, 0) is 48.5 Å². The first-order chi connectivity index (χ1) is 26.0. The Morgan fingerprint density at radius 1 is 0.456 bits per heavy atom. The van der Waals surface area contributed by atoms with Gasteiger partial charge >= 0.3 is 44.9 Å². The first kappa shape index (κ1) is 52.2. The largest absolute Gasteiger partial charge is 2.00 e. The van der Waals surface area contributed by atoms with Crippen LogP contribution in [0.15, 0.2) is 204 Å². The monoisotopic (exact) mass is 886 g/mol. The molecule has 2 N–H and O–H groups in total. The van der Waals surface area contributed by atoms with E-state index in [0.717, 1.165) is 21.2 Å². The fourth-order valence-corrected chi connectivity index (χ4v) is 10.6. The maximum Gasteiger partial charge on any atom is 2.00 e. The topological polar surface area (TPSA) is 93.1 Å². The molecule has 0 heterocycles. The van der Waals surface area contributed by atoms with Crippen molar-refractivity contribution in [3.63, 3.8) is 0 Å². The molecule has 6 aromatic rings. The van der Waals surface area contributed by atoms with Crippen LogP contribution in [0.25, 0.3) is 0 Å². The normalized spacial score (nSPS) is 10.6. The van der Waals surface area contributed by atoms with Crippen molar-refractivity contribution in [1.29, 1.82) is 0 Å². The quantitative estimate of drug-likeness (QED) is 0.0357. The van der Waals surface area contributed by atoms with E-state index in [1.54, 1.807) is 0 Å². The second kappa shape index (κ2) is 29.4. The van der Waals surface area contributed by atoms with E-state index >= 15 is 0 Å². The first-order valence-corrected chi connectivity index (χ1v) is 19.8. The molecule has 0 aromatic heterocycles. The summed E-state index contributed by atoms with van der Waals surface area (Å²) in [6, 6.07) is 62.7. The van der Waals surface area contributed by atoms with E-state index < -0.39 is 34.2 Å². The van der Waals surface area contributed by atoms with Crippen LogP contribution in [0.1, 0.15) is 6.42 Å². The minimum atomic E-state index is -2.05. The molecular formula is C47H48Ni2O6P2+2. The summed E-state index contributed by atoms with van der Waals surface area (Å²) in [7, 11) is -1.60. The summed E-state index contributed by atoms with van der Waals surface area (Å²) in [4.78, 5) is 26.5. The number of ether oxygens (including phenoxy) is 2. The van der Waals surface area contributed by atoms with Crippen molar-refractivity contribution in [1.82, 2.24) is 0 Å². The van der Waals surface area contributed by atoms with Crippen molar-refractivity contribution in [2.24, 2.45) is 0 Å². The van der Waals surface area contributed by atoms with Crippen LogP contribution in [-0.2, 0) is 52.0 Å². The van der Waals surface area contributed by atoms with Crippen LogP contribution in [0.2, 0.25) is 0 Å². The Morgan fingerprint density at radius 2 is 0.684 bits per heavy atom. The van der Waals surface area contributed by atoms with Gasteiger partial charge in [-0.25, -0.2) is 9.59 Å². The fraction of sp³-hybridized carbons (Fsp3) is 0.0638. The van der Waals surface area contributed by atoms with Gasteiger partial charge in [0.05, 0.1) is 20.6 Å².